The van der Waals surface area contributed by atoms with Crippen molar-refractivity contribution in [1.29, 1.82) is 0 Å². The van der Waals surface area contributed by atoms with Crippen molar-refractivity contribution in [2.24, 2.45) is 28.6 Å². The second-order valence-corrected chi connectivity index (χ2v) is 10.1. The van der Waals surface area contributed by atoms with Gasteiger partial charge in [-0.05, 0) is 63.0 Å². The van der Waals surface area contributed by atoms with Gasteiger partial charge >= 0.3 is 0 Å². The number of ketones is 2. The average Bonchev–Trinajstić information content (AvgIpc) is 2.67. The monoisotopic (exact) mass is 406 g/mol. The van der Waals surface area contributed by atoms with Gasteiger partial charge in [0.05, 0.1) is 6.10 Å². The maximum atomic E-state index is 17.0. The van der Waals surface area contributed by atoms with E-state index in [2.05, 4.69) is 0 Å². The normalized spacial score (nSPS) is 51.6. The number of aliphatic hydroxyl groups excluding tert-OH is 2. The van der Waals surface area contributed by atoms with Crippen LogP contribution < -0.4 is 0 Å². The van der Waals surface area contributed by atoms with Crippen molar-refractivity contribution in [3.8, 4) is 0 Å². The van der Waals surface area contributed by atoms with Crippen molar-refractivity contribution >= 4 is 11.6 Å². The van der Waals surface area contributed by atoms with Crippen molar-refractivity contribution in [2.45, 2.75) is 70.2 Å². The first-order valence-corrected chi connectivity index (χ1v) is 10.6. The zero-order chi connectivity index (χ0) is 21.4. The van der Waals surface area contributed by atoms with E-state index in [1.165, 1.54) is 12.2 Å². The van der Waals surface area contributed by atoms with Crippen LogP contribution in [0.4, 0.5) is 4.39 Å². The Kier molecular flexibility index (Phi) is 4.55. The molecular weight excluding hydrogens is 375 g/mol. The molecule has 0 heterocycles. The summed E-state index contributed by atoms with van der Waals surface area (Å²) in [4.78, 5) is 24.6. The number of alkyl halides is 1. The van der Waals surface area contributed by atoms with Gasteiger partial charge in [0.2, 0.25) is 0 Å². The quantitative estimate of drug-likeness (QED) is 0.654. The van der Waals surface area contributed by atoms with Crippen molar-refractivity contribution in [1.82, 2.24) is 0 Å². The van der Waals surface area contributed by atoms with Crippen LogP contribution in [-0.2, 0) is 9.59 Å². The van der Waals surface area contributed by atoms with E-state index in [9.17, 15) is 24.9 Å². The van der Waals surface area contributed by atoms with Gasteiger partial charge in [-0.25, -0.2) is 4.39 Å². The second-order valence-electron chi connectivity index (χ2n) is 10.1. The van der Waals surface area contributed by atoms with E-state index < -0.39 is 46.5 Å². The molecule has 160 valence electrons. The van der Waals surface area contributed by atoms with Gasteiger partial charge in [0.25, 0.3) is 0 Å². The molecule has 4 aliphatic rings. The van der Waals surface area contributed by atoms with Gasteiger partial charge < -0.3 is 15.3 Å². The van der Waals surface area contributed by atoms with Gasteiger partial charge in [0.15, 0.2) is 17.2 Å². The lowest BCUT2D eigenvalue weighted by molar-refractivity contribution is -0.259. The van der Waals surface area contributed by atoms with E-state index in [4.69, 9.17) is 0 Å². The summed E-state index contributed by atoms with van der Waals surface area (Å²) in [6.45, 7) is 4.53. The molecule has 0 amide bonds. The number of hydrogen-bond donors (Lipinski definition) is 3. The van der Waals surface area contributed by atoms with Crippen LogP contribution in [0, 0.1) is 28.6 Å². The summed E-state index contributed by atoms with van der Waals surface area (Å²) >= 11 is 0. The van der Waals surface area contributed by atoms with Gasteiger partial charge in [-0.1, -0.05) is 25.5 Å². The topological polar surface area (TPSA) is 94.8 Å². The van der Waals surface area contributed by atoms with Crippen molar-refractivity contribution < 1.29 is 29.3 Å². The first kappa shape index (κ1) is 20.9. The highest BCUT2D eigenvalue weighted by molar-refractivity contribution is 6.01. The standard InChI is InChI=1S/C23H31FO5/c1-13-4-6-16-17-7-5-14-10-15(26)8-9-20(14,2)22(17,24)18(27)11-21(16,3)23(13,29)19(28)12-25/h8-10,13,16-18,25,27,29H,4-7,11-12H2,1-3H3/t13-,16?,17?,18?,20?,21?,22+,23+/m1/s1. The molecule has 0 radical (unpaired) electrons. The minimum atomic E-state index is -1.98. The SMILES string of the molecule is C[C@@H]1CCC2C3CCC4=CC(=O)C=CC4(C)[C@@]3(F)C(O)CC2(C)[C@@]1(O)C(=O)CO. The van der Waals surface area contributed by atoms with Crippen LogP contribution in [0.2, 0.25) is 0 Å². The fraction of sp³-hybridized carbons (Fsp3) is 0.739. The second kappa shape index (κ2) is 6.32. The first-order chi connectivity index (χ1) is 13.5. The summed E-state index contributed by atoms with van der Waals surface area (Å²) in [5, 5.41) is 32.3. The number of hydrogen-bond acceptors (Lipinski definition) is 5. The molecule has 6 heteroatoms. The zero-order valence-electron chi connectivity index (χ0n) is 17.3. The Morgan fingerprint density at radius 1 is 1.24 bits per heavy atom. The molecule has 3 fully saturated rings. The van der Waals surface area contributed by atoms with E-state index in [0.29, 0.717) is 31.3 Å². The molecule has 5 unspecified atom stereocenters. The lowest BCUT2D eigenvalue weighted by Crippen LogP contribution is -2.74. The van der Waals surface area contributed by atoms with Crippen LogP contribution in [0.15, 0.2) is 23.8 Å². The summed E-state index contributed by atoms with van der Waals surface area (Å²) in [6.07, 6.45) is 5.20. The van der Waals surface area contributed by atoms with Gasteiger partial charge in [-0.3, -0.25) is 9.59 Å². The number of Topliss-reactive ketones (excluding diaryl/α,β-unsaturated/α-hetero) is 1. The predicted octanol–water partition coefficient (Wildman–Crippen LogP) is 2.29. The van der Waals surface area contributed by atoms with Gasteiger partial charge in [0.1, 0.15) is 12.2 Å². The largest absolute Gasteiger partial charge is 0.390 e. The van der Waals surface area contributed by atoms with Crippen LogP contribution in [-0.4, -0.2) is 50.9 Å². The molecule has 0 spiro atoms. The Bertz CT molecular complexity index is 820. The molecule has 3 saturated carbocycles. The van der Waals surface area contributed by atoms with Crippen LogP contribution >= 0.6 is 0 Å². The molecule has 0 bridgehead atoms. The third kappa shape index (κ3) is 2.31. The summed E-state index contributed by atoms with van der Waals surface area (Å²) < 4.78 is 17.0. The third-order valence-electron chi connectivity index (χ3n) is 9.09. The summed E-state index contributed by atoms with van der Waals surface area (Å²) in [7, 11) is 0. The van der Waals surface area contributed by atoms with Crippen LogP contribution in [0.5, 0.6) is 0 Å². The molecule has 0 aromatic rings. The van der Waals surface area contributed by atoms with Gasteiger partial charge in [-0.15, -0.1) is 0 Å². The molecule has 8 atom stereocenters. The maximum absolute atomic E-state index is 17.0. The maximum Gasteiger partial charge on any atom is 0.190 e. The Balaban J connectivity index is 1.84. The highest BCUT2D eigenvalue weighted by Gasteiger charge is 2.73. The number of aliphatic hydroxyl groups is 3. The number of halogens is 1. The first-order valence-electron chi connectivity index (χ1n) is 10.6. The molecule has 4 aliphatic carbocycles. The van der Waals surface area contributed by atoms with Crippen molar-refractivity contribution in [3.63, 3.8) is 0 Å². The Labute approximate surface area is 170 Å². The average molecular weight is 406 g/mol. The van der Waals surface area contributed by atoms with Crippen LogP contribution in [0.25, 0.3) is 0 Å². The van der Waals surface area contributed by atoms with Gasteiger partial charge in [-0.2, -0.15) is 0 Å². The molecule has 0 aromatic heterocycles. The Morgan fingerprint density at radius 3 is 2.59 bits per heavy atom. The molecule has 29 heavy (non-hydrogen) atoms. The fourth-order valence-electron chi connectivity index (χ4n) is 7.44. The summed E-state index contributed by atoms with van der Waals surface area (Å²) in [5.74, 6) is -2.06. The smallest absolute Gasteiger partial charge is 0.190 e. The zero-order valence-corrected chi connectivity index (χ0v) is 17.3. The predicted molar refractivity (Wildman–Crippen MR) is 105 cm³/mol. The van der Waals surface area contributed by atoms with E-state index in [0.717, 1.165) is 0 Å². The molecule has 4 rings (SSSR count). The van der Waals surface area contributed by atoms with Gasteiger partial charge in [0, 0.05) is 16.7 Å². The molecule has 0 aromatic carbocycles. The molecule has 3 N–H and O–H groups in total. The minimum absolute atomic E-state index is 0.0676. The van der Waals surface area contributed by atoms with Crippen molar-refractivity contribution in [2.75, 3.05) is 6.61 Å². The molecule has 5 nitrogen and oxygen atoms in total. The minimum Gasteiger partial charge on any atom is -0.390 e. The number of allylic oxidation sites excluding steroid dienone is 4. The Morgan fingerprint density at radius 2 is 1.93 bits per heavy atom. The number of fused-ring (bicyclic) bond motifs is 5. The summed E-state index contributed by atoms with van der Waals surface area (Å²) in [5.41, 5.74) is -5.20. The number of rotatable bonds is 2. The van der Waals surface area contributed by atoms with E-state index in [1.54, 1.807) is 26.8 Å². The van der Waals surface area contributed by atoms with E-state index in [-0.39, 0.29) is 24.0 Å². The molecule has 0 saturated heterocycles. The summed E-state index contributed by atoms with van der Waals surface area (Å²) in [6, 6.07) is 0. The number of carbonyl (C=O) groups excluding carboxylic acids is 2. The molecule has 0 aliphatic heterocycles. The molecular formula is C23H31FO5. The van der Waals surface area contributed by atoms with Crippen LogP contribution in [0.3, 0.4) is 0 Å². The van der Waals surface area contributed by atoms with E-state index in [1.807, 2.05) is 0 Å². The number of carbonyl (C=O) groups is 2. The third-order valence-corrected chi connectivity index (χ3v) is 9.09. The lowest BCUT2D eigenvalue weighted by Gasteiger charge is -2.67. The van der Waals surface area contributed by atoms with Crippen LogP contribution in [0.1, 0.15) is 52.9 Å². The van der Waals surface area contributed by atoms with Crippen molar-refractivity contribution in [3.05, 3.63) is 23.8 Å². The Hall–Kier alpha value is -1.37. The lowest BCUT2D eigenvalue weighted by atomic mass is 9.39. The highest BCUT2D eigenvalue weighted by atomic mass is 19.1. The fourth-order valence-corrected chi connectivity index (χ4v) is 7.44. The highest BCUT2D eigenvalue weighted by Crippen LogP contribution is 2.69. The van der Waals surface area contributed by atoms with E-state index >= 15 is 4.39 Å².